The van der Waals surface area contributed by atoms with Crippen molar-refractivity contribution < 1.29 is 9.59 Å². The highest BCUT2D eigenvalue weighted by Crippen LogP contribution is 2.19. The maximum absolute atomic E-state index is 12.5. The van der Waals surface area contributed by atoms with Crippen LogP contribution in [0.3, 0.4) is 0 Å². The molecule has 2 amide bonds. The van der Waals surface area contributed by atoms with E-state index in [9.17, 15) is 9.59 Å². The number of rotatable bonds is 5. The molecule has 1 aromatic heterocycles. The quantitative estimate of drug-likeness (QED) is 0.870. The second-order valence-corrected chi connectivity index (χ2v) is 5.89. The van der Waals surface area contributed by atoms with Crippen molar-refractivity contribution in [2.45, 2.75) is 45.7 Å². The number of nitrogens with zero attached hydrogens (tertiary/aromatic N) is 3. The van der Waals surface area contributed by atoms with Gasteiger partial charge in [-0.3, -0.25) is 9.59 Å². The van der Waals surface area contributed by atoms with Gasteiger partial charge in [-0.15, -0.1) is 0 Å². The third-order valence-electron chi connectivity index (χ3n) is 4.04. The Morgan fingerprint density at radius 2 is 2.10 bits per heavy atom. The van der Waals surface area contributed by atoms with Gasteiger partial charge in [0.15, 0.2) is 0 Å². The average Bonchev–Trinajstić information content (AvgIpc) is 2.84. The highest BCUT2D eigenvalue weighted by molar-refractivity contribution is 5.97. The number of amides is 2. The molecule has 2 atom stereocenters. The number of aryl methyl sites for hydroxylation is 1. The van der Waals surface area contributed by atoms with E-state index in [4.69, 9.17) is 0 Å². The van der Waals surface area contributed by atoms with Gasteiger partial charge in [-0.1, -0.05) is 20.8 Å². The first-order chi connectivity index (χ1) is 9.95. The molecule has 1 N–H and O–H groups in total. The second kappa shape index (κ2) is 6.28. The van der Waals surface area contributed by atoms with Crippen LogP contribution in [0.4, 0.5) is 0 Å². The van der Waals surface area contributed by atoms with Gasteiger partial charge < -0.3 is 14.8 Å². The summed E-state index contributed by atoms with van der Waals surface area (Å²) in [5.41, 5.74) is 0. The van der Waals surface area contributed by atoms with Gasteiger partial charge in [0.1, 0.15) is 17.9 Å². The summed E-state index contributed by atoms with van der Waals surface area (Å²) in [4.78, 5) is 30.8. The number of hydrogen-bond donors (Lipinski definition) is 1. The normalized spacial score (nSPS) is 22.8. The maximum Gasteiger partial charge on any atom is 0.245 e. The Morgan fingerprint density at radius 1 is 1.38 bits per heavy atom. The third kappa shape index (κ3) is 3.09. The minimum Gasteiger partial charge on any atom is -0.343 e. The number of hydrogen-bond acceptors (Lipinski definition) is 3. The van der Waals surface area contributed by atoms with E-state index in [1.54, 1.807) is 11.1 Å². The summed E-state index contributed by atoms with van der Waals surface area (Å²) >= 11 is 0. The molecule has 21 heavy (non-hydrogen) atoms. The van der Waals surface area contributed by atoms with Crippen molar-refractivity contribution in [3.8, 4) is 0 Å². The van der Waals surface area contributed by atoms with Gasteiger partial charge in [-0.2, -0.15) is 0 Å². The highest BCUT2D eigenvalue weighted by atomic mass is 16.2. The number of nitrogens with one attached hydrogen (secondary N) is 1. The van der Waals surface area contributed by atoms with E-state index in [0.717, 1.165) is 5.82 Å². The molecule has 1 aliphatic rings. The lowest BCUT2D eigenvalue weighted by molar-refractivity contribution is -0.151. The Labute approximate surface area is 125 Å². The molecular formula is C15H24N4O2. The van der Waals surface area contributed by atoms with Crippen molar-refractivity contribution in [1.82, 2.24) is 19.8 Å². The van der Waals surface area contributed by atoms with Gasteiger partial charge in [0, 0.05) is 32.4 Å². The van der Waals surface area contributed by atoms with E-state index in [2.05, 4.69) is 10.3 Å². The molecule has 1 fully saturated rings. The second-order valence-electron chi connectivity index (χ2n) is 5.89. The van der Waals surface area contributed by atoms with E-state index in [1.165, 1.54) is 0 Å². The SMILES string of the molecule is CCC1NC(=O)C(C(C)C)N(CCc2nccn2C)C1=O. The zero-order valence-electron chi connectivity index (χ0n) is 13.2. The predicted octanol–water partition coefficient (Wildman–Crippen LogP) is 0.724. The standard InChI is InChI=1S/C15H24N4O2/c1-5-11-15(21)19(13(10(2)3)14(20)17-11)8-6-12-16-7-9-18(12)4/h7,9-11,13H,5-6,8H2,1-4H3,(H,17,20). The summed E-state index contributed by atoms with van der Waals surface area (Å²) in [6, 6.07) is -0.783. The van der Waals surface area contributed by atoms with Crippen LogP contribution in [-0.4, -0.2) is 44.9 Å². The van der Waals surface area contributed by atoms with Gasteiger partial charge >= 0.3 is 0 Å². The molecule has 6 heteroatoms. The van der Waals surface area contributed by atoms with Gasteiger partial charge in [-0.25, -0.2) is 4.98 Å². The molecule has 0 saturated carbocycles. The van der Waals surface area contributed by atoms with Crippen molar-refractivity contribution >= 4 is 11.8 Å². The maximum atomic E-state index is 12.5. The molecule has 116 valence electrons. The van der Waals surface area contributed by atoms with Crippen molar-refractivity contribution in [3.63, 3.8) is 0 Å². The molecule has 0 bridgehead atoms. The Morgan fingerprint density at radius 3 is 2.62 bits per heavy atom. The van der Waals surface area contributed by atoms with Crippen molar-refractivity contribution in [2.75, 3.05) is 6.54 Å². The number of aromatic nitrogens is 2. The smallest absolute Gasteiger partial charge is 0.245 e. The van der Waals surface area contributed by atoms with Crippen LogP contribution < -0.4 is 5.32 Å². The molecule has 0 spiro atoms. The lowest BCUT2D eigenvalue weighted by Crippen LogP contribution is -2.64. The Kier molecular flexibility index (Phi) is 4.65. The summed E-state index contributed by atoms with van der Waals surface area (Å²) in [5, 5.41) is 2.83. The van der Waals surface area contributed by atoms with Crippen LogP contribution in [-0.2, 0) is 23.1 Å². The molecule has 0 aliphatic carbocycles. The van der Waals surface area contributed by atoms with Crippen LogP contribution in [0.5, 0.6) is 0 Å². The lowest BCUT2D eigenvalue weighted by atomic mass is 9.96. The first kappa shape index (κ1) is 15.5. The molecule has 2 unspecified atom stereocenters. The Bertz CT molecular complexity index is 523. The number of imidazole rings is 1. The summed E-state index contributed by atoms with van der Waals surface area (Å²) in [6.45, 7) is 6.38. The van der Waals surface area contributed by atoms with Crippen LogP contribution in [0.2, 0.25) is 0 Å². The molecule has 1 aliphatic heterocycles. The molecule has 0 aromatic carbocycles. The molecule has 1 saturated heterocycles. The van der Waals surface area contributed by atoms with E-state index in [0.29, 0.717) is 19.4 Å². The fraction of sp³-hybridized carbons (Fsp3) is 0.667. The van der Waals surface area contributed by atoms with E-state index >= 15 is 0 Å². The predicted molar refractivity (Wildman–Crippen MR) is 79.5 cm³/mol. The Hall–Kier alpha value is -1.85. The van der Waals surface area contributed by atoms with Gasteiger partial charge in [0.2, 0.25) is 11.8 Å². The molecule has 2 rings (SSSR count). The zero-order chi connectivity index (χ0) is 15.6. The number of carbonyl (C=O) groups excluding carboxylic acids is 2. The molecule has 0 radical (unpaired) electrons. The summed E-state index contributed by atoms with van der Waals surface area (Å²) < 4.78 is 1.94. The first-order valence-electron chi connectivity index (χ1n) is 7.52. The molecule has 2 heterocycles. The van der Waals surface area contributed by atoms with E-state index in [1.807, 2.05) is 38.6 Å². The average molecular weight is 292 g/mol. The topological polar surface area (TPSA) is 67.2 Å². The molecule has 6 nitrogen and oxygen atoms in total. The lowest BCUT2D eigenvalue weighted by Gasteiger charge is -2.40. The summed E-state index contributed by atoms with van der Waals surface area (Å²) in [7, 11) is 1.93. The monoisotopic (exact) mass is 292 g/mol. The minimum absolute atomic E-state index is 0.0185. The Balaban J connectivity index is 2.16. The number of carbonyl (C=O) groups is 2. The van der Waals surface area contributed by atoms with Gasteiger partial charge in [0.05, 0.1) is 0 Å². The van der Waals surface area contributed by atoms with Crippen LogP contribution >= 0.6 is 0 Å². The summed E-state index contributed by atoms with van der Waals surface area (Å²) in [6.07, 6.45) is 4.90. The van der Waals surface area contributed by atoms with Crippen LogP contribution in [0, 0.1) is 5.92 Å². The highest BCUT2D eigenvalue weighted by Gasteiger charge is 2.40. The van der Waals surface area contributed by atoms with E-state index < -0.39 is 6.04 Å². The first-order valence-corrected chi connectivity index (χ1v) is 7.52. The van der Waals surface area contributed by atoms with Gasteiger partial charge in [-0.05, 0) is 12.3 Å². The summed E-state index contributed by atoms with van der Waals surface area (Å²) in [5.74, 6) is 0.985. The molecule has 1 aromatic rings. The van der Waals surface area contributed by atoms with Crippen molar-refractivity contribution in [2.24, 2.45) is 13.0 Å². The number of piperazine rings is 1. The fourth-order valence-electron chi connectivity index (χ4n) is 2.84. The van der Waals surface area contributed by atoms with Crippen LogP contribution in [0.15, 0.2) is 12.4 Å². The third-order valence-corrected chi connectivity index (χ3v) is 4.04. The van der Waals surface area contributed by atoms with Crippen molar-refractivity contribution in [1.29, 1.82) is 0 Å². The minimum atomic E-state index is -0.395. The largest absolute Gasteiger partial charge is 0.343 e. The zero-order valence-corrected chi connectivity index (χ0v) is 13.2. The van der Waals surface area contributed by atoms with E-state index in [-0.39, 0.29) is 23.8 Å². The van der Waals surface area contributed by atoms with Crippen LogP contribution in [0.25, 0.3) is 0 Å². The van der Waals surface area contributed by atoms with Crippen molar-refractivity contribution in [3.05, 3.63) is 18.2 Å². The van der Waals surface area contributed by atoms with Gasteiger partial charge in [0.25, 0.3) is 0 Å². The van der Waals surface area contributed by atoms with Crippen LogP contribution in [0.1, 0.15) is 33.0 Å². The fourth-order valence-corrected chi connectivity index (χ4v) is 2.84. The molecular weight excluding hydrogens is 268 g/mol.